The maximum absolute atomic E-state index is 12.0. The van der Waals surface area contributed by atoms with Crippen molar-refractivity contribution < 1.29 is 9.90 Å². The molecule has 18 heavy (non-hydrogen) atoms. The summed E-state index contributed by atoms with van der Waals surface area (Å²) in [6, 6.07) is 2.53. The summed E-state index contributed by atoms with van der Waals surface area (Å²) in [5.41, 5.74) is 6.38. The quantitative estimate of drug-likeness (QED) is 0.829. The Morgan fingerprint density at radius 3 is 2.67 bits per heavy atom. The van der Waals surface area contributed by atoms with Gasteiger partial charge in [-0.3, -0.25) is 9.78 Å². The highest BCUT2D eigenvalue weighted by molar-refractivity contribution is 5.82. The van der Waals surface area contributed by atoms with Gasteiger partial charge in [0.05, 0.1) is 0 Å². The average molecular weight is 251 g/mol. The fourth-order valence-electron chi connectivity index (χ4n) is 2.04. The second kappa shape index (κ2) is 6.47. The molecular weight excluding hydrogens is 230 g/mol. The summed E-state index contributed by atoms with van der Waals surface area (Å²) in [7, 11) is 0. The third-order valence-corrected chi connectivity index (χ3v) is 3.07. The molecule has 1 amide bonds. The topological polar surface area (TPSA) is 79.5 Å². The first-order valence-electron chi connectivity index (χ1n) is 5.82. The van der Waals surface area contributed by atoms with Crippen molar-refractivity contribution in [3.8, 4) is 0 Å². The molecule has 0 bridgehead atoms. The van der Waals surface area contributed by atoms with Gasteiger partial charge in [-0.1, -0.05) is 13.5 Å². The number of carbonyl (C=O) groups excluding carboxylic acids is 1. The second-order valence-corrected chi connectivity index (χ2v) is 4.29. The van der Waals surface area contributed by atoms with Crippen LogP contribution in [0.15, 0.2) is 24.5 Å². The van der Waals surface area contributed by atoms with E-state index >= 15 is 0 Å². The molecule has 1 aromatic heterocycles. The lowest BCUT2D eigenvalue weighted by molar-refractivity contribution is -0.134. The Morgan fingerprint density at radius 2 is 2.11 bits per heavy atom. The zero-order valence-electron chi connectivity index (χ0n) is 9.62. The number of carbonyl (C=O) groups is 1. The number of nitrogens with two attached hydrogens (primary N) is 1. The number of aromatic nitrogens is 1. The van der Waals surface area contributed by atoms with Crippen molar-refractivity contribution in [2.45, 2.75) is 32.4 Å². The van der Waals surface area contributed by atoms with Gasteiger partial charge in [-0.2, -0.15) is 0 Å². The van der Waals surface area contributed by atoms with E-state index in [-0.39, 0.29) is 13.3 Å². The summed E-state index contributed by atoms with van der Waals surface area (Å²) in [5.74, 6) is -0.182. The van der Waals surface area contributed by atoms with Gasteiger partial charge in [0.1, 0.15) is 12.1 Å². The van der Waals surface area contributed by atoms with Gasteiger partial charge in [-0.15, -0.1) is 0 Å². The van der Waals surface area contributed by atoms with E-state index in [4.69, 9.17) is 5.73 Å². The number of likely N-dealkylation sites (tertiary alicyclic amines) is 1. The van der Waals surface area contributed by atoms with E-state index in [0.717, 1.165) is 25.9 Å². The lowest BCUT2D eigenvalue weighted by atomic mass is 10.0. The van der Waals surface area contributed by atoms with Gasteiger partial charge in [0.15, 0.2) is 0 Å². The minimum Gasteiger partial charge on any atom is -0.386 e. The zero-order valence-corrected chi connectivity index (χ0v) is 9.62. The summed E-state index contributed by atoms with van der Waals surface area (Å²) in [6.45, 7) is 1.48. The molecule has 0 aromatic carbocycles. The summed E-state index contributed by atoms with van der Waals surface area (Å²) in [6.07, 6.45) is 4.19. The normalized spacial score (nSPS) is 18.0. The van der Waals surface area contributed by atoms with Gasteiger partial charge < -0.3 is 15.7 Å². The monoisotopic (exact) mass is 251 g/mol. The van der Waals surface area contributed by atoms with Gasteiger partial charge in [0.25, 0.3) is 0 Å². The lowest BCUT2D eigenvalue weighted by Gasteiger charge is -2.23. The Morgan fingerprint density at radius 1 is 1.44 bits per heavy atom. The van der Waals surface area contributed by atoms with E-state index in [1.807, 2.05) is 0 Å². The van der Waals surface area contributed by atoms with Crippen molar-refractivity contribution in [2.24, 2.45) is 5.73 Å². The SMILES string of the molecule is C.N[C@@H](C(=O)N1CCCC1)[C@@H](O)c1cccnc1. The Kier molecular flexibility index (Phi) is 5.25. The Balaban J connectivity index is 0.00000162. The van der Waals surface area contributed by atoms with Crippen LogP contribution in [-0.4, -0.2) is 40.0 Å². The lowest BCUT2D eigenvalue weighted by Crippen LogP contribution is -2.45. The number of pyridine rings is 1. The number of hydrogen-bond donors (Lipinski definition) is 2. The molecule has 0 spiro atoms. The first-order valence-corrected chi connectivity index (χ1v) is 5.82. The number of aliphatic hydroxyl groups excluding tert-OH is 1. The third kappa shape index (κ3) is 3.05. The van der Waals surface area contributed by atoms with Crippen molar-refractivity contribution in [3.05, 3.63) is 30.1 Å². The summed E-state index contributed by atoms with van der Waals surface area (Å²) < 4.78 is 0. The summed E-state index contributed by atoms with van der Waals surface area (Å²) >= 11 is 0. The van der Waals surface area contributed by atoms with Crippen LogP contribution in [0.5, 0.6) is 0 Å². The minimum atomic E-state index is -0.989. The van der Waals surface area contributed by atoms with Crippen molar-refractivity contribution in [1.29, 1.82) is 0 Å². The molecule has 100 valence electrons. The molecule has 5 nitrogen and oxygen atoms in total. The molecule has 2 heterocycles. The second-order valence-electron chi connectivity index (χ2n) is 4.29. The van der Waals surface area contributed by atoms with Gasteiger partial charge >= 0.3 is 0 Å². The highest BCUT2D eigenvalue weighted by atomic mass is 16.3. The predicted molar refractivity (Wildman–Crippen MR) is 69.7 cm³/mol. The molecule has 5 heteroatoms. The maximum Gasteiger partial charge on any atom is 0.242 e. The Bertz CT molecular complexity index is 377. The number of nitrogens with zero attached hydrogens (tertiary/aromatic N) is 2. The van der Waals surface area contributed by atoms with Gasteiger partial charge in [0.2, 0.25) is 5.91 Å². The van der Waals surface area contributed by atoms with Crippen molar-refractivity contribution in [1.82, 2.24) is 9.88 Å². The average Bonchev–Trinajstić information content (AvgIpc) is 2.91. The minimum absolute atomic E-state index is 0. The zero-order chi connectivity index (χ0) is 12.3. The smallest absolute Gasteiger partial charge is 0.242 e. The maximum atomic E-state index is 12.0. The van der Waals surface area contributed by atoms with Crippen LogP contribution in [-0.2, 0) is 4.79 Å². The van der Waals surface area contributed by atoms with Crippen molar-refractivity contribution >= 4 is 5.91 Å². The molecule has 2 rings (SSSR count). The molecule has 1 aliphatic heterocycles. The Hall–Kier alpha value is -1.46. The Labute approximate surface area is 108 Å². The molecule has 1 saturated heterocycles. The highest BCUT2D eigenvalue weighted by Crippen LogP contribution is 2.17. The van der Waals surface area contributed by atoms with Crippen molar-refractivity contribution in [2.75, 3.05) is 13.1 Å². The predicted octanol–water partition coefficient (Wildman–Crippen LogP) is 0.701. The van der Waals surface area contributed by atoms with Crippen LogP contribution in [0.2, 0.25) is 0 Å². The van der Waals surface area contributed by atoms with Crippen molar-refractivity contribution in [3.63, 3.8) is 0 Å². The number of amides is 1. The fraction of sp³-hybridized carbons (Fsp3) is 0.538. The van der Waals surface area contributed by atoms with E-state index in [0.29, 0.717) is 5.56 Å². The standard InChI is InChI=1S/C12H17N3O2.CH4/c13-10(12(17)15-6-1-2-7-15)11(16)9-4-3-5-14-8-9;/h3-5,8,10-11,16H,1-2,6-7,13H2;1H4/t10-,11+;/m1./s1. The first-order chi connectivity index (χ1) is 8.20. The van der Waals surface area contributed by atoms with Gasteiger partial charge in [0, 0.05) is 31.0 Å². The van der Waals surface area contributed by atoms with Crippen LogP contribution in [0.1, 0.15) is 31.9 Å². The molecule has 0 radical (unpaired) electrons. The van der Waals surface area contributed by atoms with Crippen LogP contribution in [0.4, 0.5) is 0 Å². The fourth-order valence-corrected chi connectivity index (χ4v) is 2.04. The van der Waals surface area contributed by atoms with Gasteiger partial charge in [-0.25, -0.2) is 0 Å². The first kappa shape index (κ1) is 14.6. The molecule has 0 saturated carbocycles. The summed E-state index contributed by atoms with van der Waals surface area (Å²) in [5, 5.41) is 10.0. The van der Waals surface area contributed by atoms with E-state index in [1.54, 1.807) is 23.2 Å². The summed E-state index contributed by atoms with van der Waals surface area (Å²) in [4.78, 5) is 17.6. The van der Waals surface area contributed by atoms with Crippen LogP contribution in [0.3, 0.4) is 0 Å². The van der Waals surface area contributed by atoms with Crippen LogP contribution < -0.4 is 5.73 Å². The van der Waals surface area contributed by atoms with E-state index in [1.165, 1.54) is 6.20 Å². The molecule has 1 aromatic rings. The van der Waals surface area contributed by atoms with E-state index in [9.17, 15) is 9.90 Å². The number of rotatable bonds is 3. The molecule has 0 aliphatic carbocycles. The van der Waals surface area contributed by atoms with E-state index in [2.05, 4.69) is 4.98 Å². The van der Waals surface area contributed by atoms with Crippen LogP contribution in [0.25, 0.3) is 0 Å². The van der Waals surface area contributed by atoms with Crippen LogP contribution in [0, 0.1) is 0 Å². The molecule has 3 N–H and O–H groups in total. The molecule has 2 atom stereocenters. The molecule has 1 fully saturated rings. The molecule has 0 unspecified atom stereocenters. The molecule has 1 aliphatic rings. The van der Waals surface area contributed by atoms with Crippen LogP contribution >= 0.6 is 0 Å². The largest absolute Gasteiger partial charge is 0.386 e. The van der Waals surface area contributed by atoms with E-state index < -0.39 is 12.1 Å². The number of hydrogen-bond acceptors (Lipinski definition) is 4. The number of aliphatic hydroxyl groups is 1. The molecular formula is C13H21N3O2. The third-order valence-electron chi connectivity index (χ3n) is 3.07. The van der Waals surface area contributed by atoms with Gasteiger partial charge in [-0.05, 0) is 18.9 Å². The highest BCUT2D eigenvalue weighted by Gasteiger charge is 2.29.